The molecule has 1 aliphatic heterocycles. The second-order valence-electron chi connectivity index (χ2n) is 6.39. The van der Waals surface area contributed by atoms with E-state index in [4.69, 9.17) is 21.1 Å². The van der Waals surface area contributed by atoms with Crippen molar-refractivity contribution in [1.29, 1.82) is 0 Å². The number of halogens is 1. The largest absolute Gasteiger partial charge is 0.497 e. The van der Waals surface area contributed by atoms with E-state index in [-0.39, 0.29) is 23.4 Å². The van der Waals surface area contributed by atoms with Gasteiger partial charge in [0.2, 0.25) is 5.91 Å². The Morgan fingerprint density at radius 3 is 2.68 bits per heavy atom. The van der Waals surface area contributed by atoms with E-state index in [0.29, 0.717) is 23.1 Å². The number of hydrogen-bond donors (Lipinski definition) is 1. The summed E-state index contributed by atoms with van der Waals surface area (Å²) >= 11 is 5.84. The zero-order chi connectivity index (χ0) is 19.8. The van der Waals surface area contributed by atoms with Crippen molar-refractivity contribution >= 4 is 23.3 Å². The van der Waals surface area contributed by atoms with Crippen LogP contribution in [0.3, 0.4) is 0 Å². The third kappa shape index (κ3) is 3.05. The molecule has 9 heteroatoms. The molecule has 3 aromatic rings. The van der Waals surface area contributed by atoms with Gasteiger partial charge in [0.1, 0.15) is 17.3 Å². The van der Waals surface area contributed by atoms with E-state index in [9.17, 15) is 4.79 Å². The number of aryl methyl sites for hydroxylation is 1. The number of methoxy groups -OCH3 is 2. The van der Waals surface area contributed by atoms with E-state index in [1.165, 1.54) is 0 Å². The van der Waals surface area contributed by atoms with Gasteiger partial charge in [0.25, 0.3) is 0 Å². The minimum atomic E-state index is -0.210. The van der Waals surface area contributed by atoms with Crippen LogP contribution in [0.15, 0.2) is 30.3 Å². The number of nitrogens with zero attached hydrogens (tertiary/aromatic N) is 4. The average molecular weight is 400 g/mol. The van der Waals surface area contributed by atoms with E-state index in [0.717, 1.165) is 16.8 Å². The fraction of sp³-hybridized carbons (Fsp3) is 0.263. The van der Waals surface area contributed by atoms with Crippen LogP contribution in [0.25, 0.3) is 5.82 Å². The smallest absolute Gasteiger partial charge is 0.226 e. The first-order valence-electron chi connectivity index (χ1n) is 8.62. The van der Waals surface area contributed by atoms with Crippen LogP contribution in [-0.2, 0) is 4.79 Å². The van der Waals surface area contributed by atoms with Gasteiger partial charge >= 0.3 is 0 Å². The quantitative estimate of drug-likeness (QED) is 0.724. The van der Waals surface area contributed by atoms with Crippen molar-refractivity contribution in [3.8, 4) is 17.3 Å². The first-order valence-corrected chi connectivity index (χ1v) is 9.00. The number of ether oxygens (including phenoxy) is 2. The lowest BCUT2D eigenvalue weighted by Crippen LogP contribution is -2.25. The Morgan fingerprint density at radius 2 is 2.00 bits per heavy atom. The van der Waals surface area contributed by atoms with Gasteiger partial charge in [-0.3, -0.25) is 4.79 Å². The highest BCUT2D eigenvalue weighted by atomic mass is 35.5. The zero-order valence-electron chi connectivity index (χ0n) is 15.6. The standard InChI is InChI=1S/C19H18ClN5O3/c1-10-18-13(12-5-4-11(27-2)8-14(12)28-3)9-17(26)21-19(18)25(24-10)16-7-6-15(20)22-23-16/h4-8,13H,9H2,1-3H3,(H,21,26)/t13-/m0/s1. The second-order valence-corrected chi connectivity index (χ2v) is 6.77. The van der Waals surface area contributed by atoms with E-state index in [1.807, 2.05) is 25.1 Å². The van der Waals surface area contributed by atoms with E-state index < -0.39 is 0 Å². The van der Waals surface area contributed by atoms with Gasteiger partial charge in [-0.15, -0.1) is 10.2 Å². The number of carbonyl (C=O) groups excluding carboxylic acids is 1. The lowest BCUT2D eigenvalue weighted by Gasteiger charge is -2.25. The van der Waals surface area contributed by atoms with Crippen LogP contribution in [0.1, 0.15) is 29.2 Å². The van der Waals surface area contributed by atoms with Gasteiger partial charge in [0, 0.05) is 29.5 Å². The molecule has 0 spiro atoms. The molecule has 1 aromatic carbocycles. The maximum atomic E-state index is 12.5. The van der Waals surface area contributed by atoms with Crippen LogP contribution < -0.4 is 14.8 Å². The number of nitrogens with one attached hydrogen (secondary N) is 1. The average Bonchev–Trinajstić information content (AvgIpc) is 3.03. The lowest BCUT2D eigenvalue weighted by atomic mass is 9.85. The Labute approximate surface area is 166 Å². The van der Waals surface area contributed by atoms with Crippen molar-refractivity contribution in [2.24, 2.45) is 0 Å². The van der Waals surface area contributed by atoms with Crippen molar-refractivity contribution in [3.05, 3.63) is 52.3 Å². The molecule has 28 heavy (non-hydrogen) atoms. The summed E-state index contributed by atoms with van der Waals surface area (Å²) in [5.74, 6) is 2.06. The van der Waals surface area contributed by atoms with Crippen LogP contribution >= 0.6 is 11.6 Å². The summed E-state index contributed by atoms with van der Waals surface area (Å²) in [6.07, 6.45) is 0.286. The molecular weight excluding hydrogens is 382 g/mol. The highest BCUT2D eigenvalue weighted by molar-refractivity contribution is 6.29. The highest BCUT2D eigenvalue weighted by Gasteiger charge is 2.34. The van der Waals surface area contributed by atoms with Crippen LogP contribution in [0, 0.1) is 6.92 Å². The topological polar surface area (TPSA) is 91.2 Å². The number of benzene rings is 1. The van der Waals surface area contributed by atoms with Crippen molar-refractivity contribution in [2.75, 3.05) is 19.5 Å². The van der Waals surface area contributed by atoms with Gasteiger partial charge in [0.05, 0.1) is 19.9 Å². The molecule has 1 N–H and O–H groups in total. The molecule has 0 bridgehead atoms. The number of fused-ring (bicyclic) bond motifs is 1. The van der Waals surface area contributed by atoms with Gasteiger partial charge in [-0.2, -0.15) is 9.78 Å². The molecule has 0 aliphatic carbocycles. The summed E-state index contributed by atoms with van der Waals surface area (Å²) in [6.45, 7) is 1.90. The number of amides is 1. The Balaban J connectivity index is 1.86. The molecule has 2 aromatic heterocycles. The third-order valence-electron chi connectivity index (χ3n) is 4.75. The zero-order valence-corrected chi connectivity index (χ0v) is 16.3. The summed E-state index contributed by atoms with van der Waals surface area (Å²) in [7, 11) is 3.20. The van der Waals surface area contributed by atoms with Crippen molar-refractivity contribution in [3.63, 3.8) is 0 Å². The molecule has 0 saturated heterocycles. The predicted molar refractivity (Wildman–Crippen MR) is 104 cm³/mol. The molecule has 8 nitrogen and oxygen atoms in total. The minimum absolute atomic E-state index is 0.113. The van der Waals surface area contributed by atoms with E-state index in [2.05, 4.69) is 20.6 Å². The maximum Gasteiger partial charge on any atom is 0.226 e. The predicted octanol–water partition coefficient (Wildman–Crippen LogP) is 3.12. The number of carbonyl (C=O) groups is 1. The Hall–Kier alpha value is -3.13. The molecule has 0 radical (unpaired) electrons. The SMILES string of the molecule is COc1ccc([C@@H]2CC(=O)Nc3c2c(C)nn3-c2ccc(Cl)nn2)c(OC)c1. The Bertz CT molecular complexity index is 1050. The summed E-state index contributed by atoms with van der Waals surface area (Å²) in [5, 5.41) is 15.7. The summed E-state index contributed by atoms with van der Waals surface area (Å²) < 4.78 is 12.4. The molecule has 1 amide bonds. The number of rotatable bonds is 4. The molecule has 0 unspecified atom stereocenters. The Kier molecular flexibility index (Phi) is 4.64. The number of aromatic nitrogens is 4. The van der Waals surface area contributed by atoms with Gasteiger partial charge in [-0.05, 0) is 25.1 Å². The molecule has 1 aliphatic rings. The van der Waals surface area contributed by atoms with Crippen LogP contribution in [0.2, 0.25) is 5.15 Å². The monoisotopic (exact) mass is 399 g/mol. The van der Waals surface area contributed by atoms with Gasteiger partial charge in [0.15, 0.2) is 11.0 Å². The maximum absolute atomic E-state index is 12.5. The van der Waals surface area contributed by atoms with Crippen molar-refractivity contribution in [1.82, 2.24) is 20.0 Å². The Morgan fingerprint density at radius 1 is 1.18 bits per heavy atom. The van der Waals surface area contributed by atoms with E-state index in [1.54, 1.807) is 31.0 Å². The summed E-state index contributed by atoms with van der Waals surface area (Å²) in [6, 6.07) is 8.91. The number of hydrogen-bond acceptors (Lipinski definition) is 6. The lowest BCUT2D eigenvalue weighted by molar-refractivity contribution is -0.116. The fourth-order valence-electron chi connectivity index (χ4n) is 3.51. The first-order chi connectivity index (χ1) is 13.5. The summed E-state index contributed by atoms with van der Waals surface area (Å²) in [5.41, 5.74) is 2.60. The first kappa shape index (κ1) is 18.2. The summed E-state index contributed by atoms with van der Waals surface area (Å²) in [4.78, 5) is 12.5. The third-order valence-corrected chi connectivity index (χ3v) is 4.96. The fourth-order valence-corrected chi connectivity index (χ4v) is 3.61. The highest BCUT2D eigenvalue weighted by Crippen LogP contribution is 2.43. The molecule has 0 fully saturated rings. The molecule has 4 rings (SSSR count). The second kappa shape index (κ2) is 7.12. The molecule has 3 heterocycles. The van der Waals surface area contributed by atoms with Gasteiger partial charge < -0.3 is 14.8 Å². The molecule has 1 atom stereocenters. The van der Waals surface area contributed by atoms with Gasteiger partial charge in [-0.1, -0.05) is 17.7 Å². The molecular formula is C19H18ClN5O3. The molecule has 144 valence electrons. The van der Waals surface area contributed by atoms with E-state index >= 15 is 0 Å². The van der Waals surface area contributed by atoms with Gasteiger partial charge in [-0.25, -0.2) is 0 Å². The van der Waals surface area contributed by atoms with Crippen molar-refractivity contribution < 1.29 is 14.3 Å². The normalized spacial score (nSPS) is 15.7. The minimum Gasteiger partial charge on any atom is -0.497 e. The van der Waals surface area contributed by atoms with Crippen LogP contribution in [-0.4, -0.2) is 40.1 Å². The van der Waals surface area contributed by atoms with Crippen LogP contribution in [0.4, 0.5) is 5.82 Å². The van der Waals surface area contributed by atoms with Crippen molar-refractivity contribution in [2.45, 2.75) is 19.3 Å². The van der Waals surface area contributed by atoms with Crippen LogP contribution in [0.5, 0.6) is 11.5 Å². The molecule has 0 saturated carbocycles. The number of anilines is 1.